The molecule has 0 saturated carbocycles. The fraction of sp³-hybridized carbons (Fsp3) is 0.310. The monoisotopic (exact) mass is 494 g/mol. The van der Waals surface area contributed by atoms with Gasteiger partial charge in [0.15, 0.2) is 0 Å². The van der Waals surface area contributed by atoms with E-state index in [1.54, 1.807) is 12.4 Å². The number of hydrogen-bond acceptors (Lipinski definition) is 7. The fourth-order valence-electron chi connectivity index (χ4n) is 5.20. The molecule has 6 rings (SSSR count). The van der Waals surface area contributed by atoms with Gasteiger partial charge in [-0.15, -0.1) is 0 Å². The number of piperidine rings is 1. The van der Waals surface area contributed by atoms with E-state index in [0.717, 1.165) is 77.9 Å². The number of carbonyl (C=O) groups excluding carboxylic acids is 1. The van der Waals surface area contributed by atoms with Crippen molar-refractivity contribution in [1.82, 2.24) is 20.3 Å². The van der Waals surface area contributed by atoms with Gasteiger partial charge in [0.05, 0.1) is 16.9 Å². The first-order valence-electron chi connectivity index (χ1n) is 12.9. The quantitative estimate of drug-likeness (QED) is 0.386. The van der Waals surface area contributed by atoms with Crippen LogP contribution in [0.3, 0.4) is 0 Å². The first-order valence-corrected chi connectivity index (χ1v) is 12.9. The molecule has 0 unspecified atom stereocenters. The third kappa shape index (κ3) is 4.72. The van der Waals surface area contributed by atoms with E-state index in [0.29, 0.717) is 24.3 Å². The summed E-state index contributed by atoms with van der Waals surface area (Å²) in [7, 11) is 0. The maximum Gasteiger partial charge on any atom is 0.228 e. The minimum atomic E-state index is 0.166. The van der Waals surface area contributed by atoms with Gasteiger partial charge in [-0.2, -0.15) is 0 Å². The average molecular weight is 495 g/mol. The van der Waals surface area contributed by atoms with Gasteiger partial charge in [0.1, 0.15) is 5.75 Å². The minimum Gasteiger partial charge on any atom is -0.437 e. The smallest absolute Gasteiger partial charge is 0.228 e. The molecular weight excluding hydrogens is 464 g/mol. The highest BCUT2D eigenvalue weighted by Crippen LogP contribution is 2.40. The number of nitrogens with one attached hydrogen (secondary N) is 2. The van der Waals surface area contributed by atoms with Crippen LogP contribution in [-0.4, -0.2) is 46.5 Å². The largest absolute Gasteiger partial charge is 0.437 e. The minimum absolute atomic E-state index is 0.166. The van der Waals surface area contributed by atoms with Crippen molar-refractivity contribution in [3.8, 4) is 22.9 Å². The van der Waals surface area contributed by atoms with Gasteiger partial charge in [0, 0.05) is 48.7 Å². The molecule has 0 spiro atoms. The first-order chi connectivity index (χ1) is 18.2. The summed E-state index contributed by atoms with van der Waals surface area (Å²) in [5.41, 5.74) is 3.45. The van der Waals surface area contributed by atoms with Gasteiger partial charge in [-0.25, -0.2) is 15.0 Å². The van der Waals surface area contributed by atoms with Gasteiger partial charge < -0.3 is 20.3 Å². The van der Waals surface area contributed by atoms with Crippen LogP contribution in [0.5, 0.6) is 11.6 Å². The Morgan fingerprint density at radius 2 is 1.97 bits per heavy atom. The van der Waals surface area contributed by atoms with Crippen LogP contribution in [0.1, 0.15) is 31.2 Å². The third-order valence-corrected chi connectivity index (χ3v) is 7.08. The SMILES string of the molecule is Cc1ccc2c(N3CCCC3=O)cccc2c1Oc1ncccc1-c1ccnc(N[C@H]2CCCNC2)n1. The number of anilines is 2. The van der Waals surface area contributed by atoms with Gasteiger partial charge >= 0.3 is 0 Å². The van der Waals surface area contributed by atoms with Crippen molar-refractivity contribution in [3.63, 3.8) is 0 Å². The van der Waals surface area contributed by atoms with E-state index in [1.165, 1.54) is 0 Å². The molecular formula is C29H30N6O2. The number of benzene rings is 2. The second-order valence-electron chi connectivity index (χ2n) is 9.64. The number of nitrogens with zero attached hydrogens (tertiary/aromatic N) is 4. The van der Waals surface area contributed by atoms with Crippen LogP contribution in [0.15, 0.2) is 60.9 Å². The molecule has 1 atom stereocenters. The number of pyridine rings is 1. The molecule has 0 aliphatic carbocycles. The molecule has 2 aromatic carbocycles. The van der Waals surface area contributed by atoms with Gasteiger partial charge in [-0.1, -0.05) is 24.3 Å². The molecule has 2 saturated heterocycles. The highest BCUT2D eigenvalue weighted by molar-refractivity contribution is 6.06. The molecule has 4 aromatic rings. The van der Waals surface area contributed by atoms with Crippen LogP contribution < -0.4 is 20.3 Å². The summed E-state index contributed by atoms with van der Waals surface area (Å²) in [5, 5.41) is 8.80. The van der Waals surface area contributed by atoms with Crippen molar-refractivity contribution in [3.05, 3.63) is 66.5 Å². The van der Waals surface area contributed by atoms with Crippen molar-refractivity contribution >= 4 is 28.3 Å². The summed E-state index contributed by atoms with van der Waals surface area (Å²) in [4.78, 5) is 28.2. The number of fused-ring (bicyclic) bond motifs is 1. The Bertz CT molecular complexity index is 1450. The van der Waals surface area contributed by atoms with E-state index < -0.39 is 0 Å². The summed E-state index contributed by atoms with van der Waals surface area (Å²) in [6, 6.07) is 16.2. The van der Waals surface area contributed by atoms with E-state index in [-0.39, 0.29) is 5.91 Å². The second kappa shape index (κ2) is 10.1. The zero-order valence-electron chi connectivity index (χ0n) is 20.9. The van der Waals surface area contributed by atoms with E-state index in [4.69, 9.17) is 9.72 Å². The number of aromatic nitrogens is 3. The predicted molar refractivity (Wildman–Crippen MR) is 145 cm³/mol. The Morgan fingerprint density at radius 1 is 1.03 bits per heavy atom. The highest BCUT2D eigenvalue weighted by Gasteiger charge is 2.24. The van der Waals surface area contributed by atoms with Gasteiger partial charge in [-0.3, -0.25) is 4.79 Å². The van der Waals surface area contributed by atoms with Crippen LogP contribution in [0.2, 0.25) is 0 Å². The topological polar surface area (TPSA) is 92.3 Å². The lowest BCUT2D eigenvalue weighted by molar-refractivity contribution is -0.117. The lowest BCUT2D eigenvalue weighted by atomic mass is 10.0. The summed E-state index contributed by atoms with van der Waals surface area (Å²) in [6.45, 7) is 4.72. The van der Waals surface area contributed by atoms with Crippen molar-refractivity contribution < 1.29 is 9.53 Å². The Morgan fingerprint density at radius 3 is 2.81 bits per heavy atom. The molecule has 8 nitrogen and oxygen atoms in total. The number of rotatable bonds is 6. The lowest BCUT2D eigenvalue weighted by Gasteiger charge is -2.23. The molecule has 2 aromatic heterocycles. The van der Waals surface area contributed by atoms with Crippen molar-refractivity contribution in [2.45, 2.75) is 38.6 Å². The zero-order chi connectivity index (χ0) is 25.2. The predicted octanol–water partition coefficient (Wildman–Crippen LogP) is 5.08. The van der Waals surface area contributed by atoms with Gasteiger partial charge in [-0.05, 0) is 62.6 Å². The summed E-state index contributed by atoms with van der Waals surface area (Å²) >= 11 is 0. The fourth-order valence-corrected chi connectivity index (χ4v) is 5.20. The maximum absolute atomic E-state index is 12.5. The van der Waals surface area contributed by atoms with Crippen molar-refractivity contribution in [1.29, 1.82) is 0 Å². The van der Waals surface area contributed by atoms with E-state index >= 15 is 0 Å². The molecule has 37 heavy (non-hydrogen) atoms. The van der Waals surface area contributed by atoms with Crippen molar-refractivity contribution in [2.24, 2.45) is 0 Å². The number of carbonyl (C=O) groups is 1. The standard InChI is InChI=1S/C29H30N6O2/c1-19-11-12-21-22(7-2-9-25(21)35-17-5-10-26(35)36)27(19)37-28-23(8-4-15-31-28)24-13-16-32-29(34-24)33-20-6-3-14-30-18-20/h2,4,7-9,11-13,15-16,20,30H,3,5-6,10,14,17-18H2,1H3,(H,32,33,34)/t20-/m0/s1. The highest BCUT2D eigenvalue weighted by atomic mass is 16.5. The molecule has 0 radical (unpaired) electrons. The van der Waals surface area contributed by atoms with Crippen LogP contribution in [0.4, 0.5) is 11.6 Å². The van der Waals surface area contributed by atoms with Crippen molar-refractivity contribution in [2.75, 3.05) is 29.9 Å². The molecule has 1 amide bonds. The van der Waals surface area contributed by atoms with Crippen LogP contribution in [0.25, 0.3) is 22.0 Å². The van der Waals surface area contributed by atoms with E-state index in [2.05, 4.69) is 26.7 Å². The Labute approximate surface area is 216 Å². The number of ether oxygens (including phenoxy) is 1. The molecule has 2 aliphatic rings. The second-order valence-corrected chi connectivity index (χ2v) is 9.64. The number of aryl methyl sites for hydroxylation is 1. The lowest BCUT2D eigenvalue weighted by Crippen LogP contribution is -2.38. The molecule has 2 N–H and O–H groups in total. The molecule has 188 valence electrons. The molecule has 2 aliphatic heterocycles. The average Bonchev–Trinajstić information content (AvgIpc) is 3.36. The van der Waals surface area contributed by atoms with E-state index in [9.17, 15) is 4.79 Å². The Balaban J connectivity index is 1.35. The Hall–Kier alpha value is -4.04. The van der Waals surface area contributed by atoms with Gasteiger partial charge in [0.25, 0.3) is 0 Å². The third-order valence-electron chi connectivity index (χ3n) is 7.08. The molecule has 8 heteroatoms. The summed E-state index contributed by atoms with van der Waals surface area (Å²) < 4.78 is 6.54. The summed E-state index contributed by atoms with van der Waals surface area (Å²) in [6.07, 6.45) is 7.19. The Kier molecular flexibility index (Phi) is 6.40. The van der Waals surface area contributed by atoms with Crippen LogP contribution in [0, 0.1) is 6.92 Å². The first kappa shape index (κ1) is 23.4. The van der Waals surface area contributed by atoms with Crippen LogP contribution in [-0.2, 0) is 4.79 Å². The zero-order valence-corrected chi connectivity index (χ0v) is 20.9. The molecule has 0 bridgehead atoms. The summed E-state index contributed by atoms with van der Waals surface area (Å²) in [5.74, 6) is 1.97. The van der Waals surface area contributed by atoms with E-state index in [1.807, 2.05) is 54.3 Å². The van der Waals surface area contributed by atoms with Crippen LogP contribution >= 0.6 is 0 Å². The number of hydrogen-bond donors (Lipinski definition) is 2. The normalized spacial score (nSPS) is 17.8. The van der Waals surface area contributed by atoms with Gasteiger partial charge in [0.2, 0.25) is 17.7 Å². The molecule has 2 fully saturated rings. The maximum atomic E-state index is 12.5. The number of amides is 1. The molecule has 4 heterocycles.